The van der Waals surface area contributed by atoms with Crippen LogP contribution >= 0.6 is 0 Å². The van der Waals surface area contributed by atoms with Crippen molar-refractivity contribution in [1.82, 2.24) is 10.2 Å². The predicted molar refractivity (Wildman–Crippen MR) is 102 cm³/mol. The third-order valence-corrected chi connectivity index (χ3v) is 6.43. The lowest BCUT2D eigenvalue weighted by Crippen LogP contribution is -2.46. The van der Waals surface area contributed by atoms with Crippen LogP contribution in [0.25, 0.3) is 0 Å². The van der Waals surface area contributed by atoms with Crippen LogP contribution in [0.15, 0.2) is 24.3 Å². The third-order valence-electron chi connectivity index (χ3n) is 6.43. The van der Waals surface area contributed by atoms with Gasteiger partial charge >= 0.3 is 0 Å². The van der Waals surface area contributed by atoms with Gasteiger partial charge in [0.2, 0.25) is 5.91 Å². The van der Waals surface area contributed by atoms with Crippen molar-refractivity contribution < 1.29 is 4.79 Å². The molecule has 1 aromatic carbocycles. The van der Waals surface area contributed by atoms with Crippen LogP contribution in [-0.2, 0) is 4.79 Å². The van der Waals surface area contributed by atoms with E-state index in [-0.39, 0.29) is 17.2 Å². The summed E-state index contributed by atoms with van der Waals surface area (Å²) in [5, 5.41) is 6.66. The zero-order valence-electron chi connectivity index (χ0n) is 15.3. The summed E-state index contributed by atoms with van der Waals surface area (Å²) in [6.45, 7) is 9.69. The van der Waals surface area contributed by atoms with Crippen LogP contribution < -0.4 is 15.5 Å². The second-order valence-corrected chi connectivity index (χ2v) is 7.80. The number of hydrogen-bond acceptors (Lipinski definition) is 4. The molecule has 0 radical (unpaired) electrons. The van der Waals surface area contributed by atoms with Crippen molar-refractivity contribution in [3.8, 4) is 0 Å². The van der Waals surface area contributed by atoms with Crippen LogP contribution in [-0.4, -0.2) is 56.6 Å². The van der Waals surface area contributed by atoms with Crippen molar-refractivity contribution in [3.63, 3.8) is 0 Å². The molecule has 1 aromatic rings. The molecule has 1 saturated carbocycles. The Kier molecular flexibility index (Phi) is 4.69. The molecule has 0 aromatic heterocycles. The third kappa shape index (κ3) is 3.40. The van der Waals surface area contributed by atoms with Gasteiger partial charge in [0.25, 0.3) is 0 Å². The summed E-state index contributed by atoms with van der Waals surface area (Å²) in [6.07, 6.45) is 3.36. The lowest BCUT2D eigenvalue weighted by atomic mass is 9.92. The van der Waals surface area contributed by atoms with E-state index in [0.717, 1.165) is 70.8 Å². The molecule has 3 aliphatic rings. The highest BCUT2D eigenvalue weighted by molar-refractivity contribution is 5.98. The van der Waals surface area contributed by atoms with E-state index >= 15 is 0 Å². The molecule has 1 atom stereocenters. The maximum Gasteiger partial charge on any atom is 0.228 e. The van der Waals surface area contributed by atoms with Crippen molar-refractivity contribution >= 4 is 17.3 Å². The van der Waals surface area contributed by atoms with E-state index in [1.165, 1.54) is 5.69 Å². The van der Waals surface area contributed by atoms with Crippen LogP contribution in [0, 0.1) is 11.3 Å². The minimum absolute atomic E-state index is 0.208. The molecule has 3 fully saturated rings. The fraction of sp³-hybridized carbons (Fsp3) is 0.650. The molecular weight excluding hydrogens is 312 g/mol. The summed E-state index contributed by atoms with van der Waals surface area (Å²) in [4.78, 5) is 17.7. The first-order chi connectivity index (χ1) is 12.2. The van der Waals surface area contributed by atoms with E-state index in [9.17, 15) is 4.79 Å². The van der Waals surface area contributed by atoms with Gasteiger partial charge in [0.15, 0.2) is 0 Å². The number of likely N-dealkylation sites (N-methyl/N-ethyl adjacent to an activating group) is 1. The summed E-state index contributed by atoms with van der Waals surface area (Å²) < 4.78 is 0. The number of carbonyl (C=O) groups is 1. The Labute approximate surface area is 150 Å². The fourth-order valence-corrected chi connectivity index (χ4v) is 4.58. The number of para-hydroxylation sites is 2. The van der Waals surface area contributed by atoms with Gasteiger partial charge in [0.05, 0.1) is 11.4 Å². The maximum atomic E-state index is 12.8. The summed E-state index contributed by atoms with van der Waals surface area (Å²) in [6, 6.07) is 8.29. The average molecular weight is 342 g/mol. The molecule has 2 aliphatic heterocycles. The number of piperidine rings is 1. The molecule has 5 heteroatoms. The Morgan fingerprint density at radius 3 is 2.64 bits per heavy atom. The Morgan fingerprint density at radius 1 is 1.20 bits per heavy atom. The molecule has 25 heavy (non-hydrogen) atoms. The normalized spacial score (nSPS) is 25.8. The zero-order chi connectivity index (χ0) is 17.3. The van der Waals surface area contributed by atoms with Crippen LogP contribution in [0.4, 0.5) is 11.4 Å². The number of amides is 1. The first-order valence-corrected chi connectivity index (χ1v) is 9.80. The number of anilines is 2. The zero-order valence-corrected chi connectivity index (χ0v) is 15.3. The van der Waals surface area contributed by atoms with E-state index in [0.29, 0.717) is 0 Å². The first kappa shape index (κ1) is 16.9. The van der Waals surface area contributed by atoms with Crippen LogP contribution in [0.5, 0.6) is 0 Å². The van der Waals surface area contributed by atoms with Gasteiger partial charge in [0, 0.05) is 32.1 Å². The lowest BCUT2D eigenvalue weighted by Gasteiger charge is -2.36. The highest BCUT2D eigenvalue weighted by Gasteiger charge is 2.57. The molecule has 5 nitrogen and oxygen atoms in total. The van der Waals surface area contributed by atoms with Gasteiger partial charge < -0.3 is 20.4 Å². The van der Waals surface area contributed by atoms with E-state index < -0.39 is 0 Å². The van der Waals surface area contributed by atoms with E-state index in [1.807, 2.05) is 6.07 Å². The number of nitrogens with one attached hydrogen (secondary N) is 2. The molecule has 1 aliphatic carbocycles. The van der Waals surface area contributed by atoms with Crippen LogP contribution in [0.3, 0.4) is 0 Å². The summed E-state index contributed by atoms with van der Waals surface area (Å²) in [7, 11) is 0. The lowest BCUT2D eigenvalue weighted by molar-refractivity contribution is -0.118. The molecule has 2 heterocycles. The Hall–Kier alpha value is -1.59. The van der Waals surface area contributed by atoms with E-state index in [4.69, 9.17) is 0 Å². The van der Waals surface area contributed by atoms with Gasteiger partial charge in [-0.3, -0.25) is 4.79 Å². The SMILES string of the molecule is CCN1CCN(c2ccccc2NC(=O)C2CC23CCNCC3)CC1. The van der Waals surface area contributed by atoms with Crippen molar-refractivity contribution in [2.75, 3.05) is 56.0 Å². The van der Waals surface area contributed by atoms with Gasteiger partial charge in [-0.1, -0.05) is 19.1 Å². The number of benzene rings is 1. The van der Waals surface area contributed by atoms with E-state index in [1.54, 1.807) is 0 Å². The highest BCUT2D eigenvalue weighted by Crippen LogP contribution is 2.58. The number of rotatable bonds is 4. The second kappa shape index (κ2) is 6.96. The maximum absolute atomic E-state index is 12.8. The Balaban J connectivity index is 1.42. The first-order valence-electron chi connectivity index (χ1n) is 9.80. The summed E-state index contributed by atoms with van der Waals surface area (Å²) in [5.74, 6) is 0.432. The molecule has 1 unspecified atom stereocenters. The number of nitrogens with zero attached hydrogens (tertiary/aromatic N) is 2. The second-order valence-electron chi connectivity index (χ2n) is 7.80. The quantitative estimate of drug-likeness (QED) is 0.880. The number of carbonyl (C=O) groups excluding carboxylic acids is 1. The largest absolute Gasteiger partial charge is 0.367 e. The average Bonchev–Trinajstić information content (AvgIpc) is 3.36. The monoisotopic (exact) mass is 342 g/mol. The topological polar surface area (TPSA) is 47.6 Å². The van der Waals surface area contributed by atoms with E-state index in [2.05, 4.69) is 45.6 Å². The van der Waals surface area contributed by atoms with Gasteiger partial charge in [-0.15, -0.1) is 0 Å². The van der Waals surface area contributed by atoms with Gasteiger partial charge in [-0.05, 0) is 56.4 Å². The molecule has 136 valence electrons. The molecule has 2 N–H and O–H groups in total. The molecule has 0 bridgehead atoms. The molecule has 1 amide bonds. The summed E-state index contributed by atoms with van der Waals surface area (Å²) >= 11 is 0. The highest BCUT2D eigenvalue weighted by atomic mass is 16.2. The molecule has 4 rings (SSSR count). The van der Waals surface area contributed by atoms with Crippen LogP contribution in [0.2, 0.25) is 0 Å². The predicted octanol–water partition coefficient (Wildman–Crippen LogP) is 2.16. The molecule has 1 spiro atoms. The molecular formula is C20H30N4O. The van der Waals surface area contributed by atoms with Crippen molar-refractivity contribution in [3.05, 3.63) is 24.3 Å². The summed E-state index contributed by atoms with van der Waals surface area (Å²) in [5.41, 5.74) is 2.44. The van der Waals surface area contributed by atoms with Crippen LogP contribution in [0.1, 0.15) is 26.2 Å². The minimum atomic E-state index is 0.208. The smallest absolute Gasteiger partial charge is 0.228 e. The van der Waals surface area contributed by atoms with Crippen molar-refractivity contribution in [2.45, 2.75) is 26.2 Å². The fourth-order valence-electron chi connectivity index (χ4n) is 4.58. The minimum Gasteiger partial charge on any atom is -0.367 e. The number of piperazine rings is 1. The van der Waals surface area contributed by atoms with Gasteiger partial charge in [-0.25, -0.2) is 0 Å². The Bertz CT molecular complexity index is 618. The molecule has 2 saturated heterocycles. The standard InChI is InChI=1S/C20H30N4O/c1-2-23-11-13-24(14-12-23)18-6-4-3-5-17(18)22-19(25)16-15-20(16)7-9-21-10-8-20/h3-6,16,21H,2,7-15H2,1H3,(H,22,25). The Morgan fingerprint density at radius 2 is 1.92 bits per heavy atom. The number of hydrogen-bond donors (Lipinski definition) is 2. The van der Waals surface area contributed by atoms with Crippen molar-refractivity contribution in [1.29, 1.82) is 0 Å². The van der Waals surface area contributed by atoms with Gasteiger partial charge in [0.1, 0.15) is 0 Å². The van der Waals surface area contributed by atoms with Crippen molar-refractivity contribution in [2.24, 2.45) is 11.3 Å². The van der Waals surface area contributed by atoms with Gasteiger partial charge in [-0.2, -0.15) is 0 Å².